The summed E-state index contributed by atoms with van der Waals surface area (Å²) in [5.41, 5.74) is 0. The van der Waals surface area contributed by atoms with Crippen LogP contribution in [0.25, 0.3) is 0 Å². The Bertz CT molecular complexity index is 655. The SMILES string of the molecule is CC(c1cccs1)N(C)CCC(=O)N1CCN(c2ncccn2)CC1. The normalized spacial score (nSPS) is 16.3. The molecule has 1 amide bonds. The van der Waals surface area contributed by atoms with Gasteiger partial charge in [0.05, 0.1) is 0 Å². The van der Waals surface area contributed by atoms with E-state index in [0.29, 0.717) is 12.5 Å². The number of carbonyl (C=O) groups is 1. The number of amides is 1. The molecule has 7 heteroatoms. The molecule has 1 aliphatic heterocycles. The van der Waals surface area contributed by atoms with Gasteiger partial charge < -0.3 is 9.80 Å². The Hall–Kier alpha value is -1.99. The maximum atomic E-state index is 12.5. The summed E-state index contributed by atoms with van der Waals surface area (Å²) in [4.78, 5) is 28.8. The third-order valence-electron chi connectivity index (χ3n) is 4.76. The van der Waals surface area contributed by atoms with Crippen LogP contribution in [0.2, 0.25) is 0 Å². The highest BCUT2D eigenvalue weighted by Gasteiger charge is 2.23. The predicted molar refractivity (Wildman–Crippen MR) is 101 cm³/mol. The minimum Gasteiger partial charge on any atom is -0.339 e. The molecule has 25 heavy (non-hydrogen) atoms. The summed E-state index contributed by atoms with van der Waals surface area (Å²) in [7, 11) is 2.09. The van der Waals surface area contributed by atoms with Crippen molar-refractivity contribution in [3.8, 4) is 0 Å². The van der Waals surface area contributed by atoms with Crippen molar-refractivity contribution in [2.24, 2.45) is 0 Å². The highest BCUT2D eigenvalue weighted by Crippen LogP contribution is 2.23. The Morgan fingerprint density at radius 1 is 1.24 bits per heavy atom. The van der Waals surface area contributed by atoms with Crippen LogP contribution in [0.4, 0.5) is 5.95 Å². The molecule has 0 saturated carbocycles. The van der Waals surface area contributed by atoms with Gasteiger partial charge >= 0.3 is 0 Å². The molecule has 2 aromatic heterocycles. The van der Waals surface area contributed by atoms with Crippen LogP contribution < -0.4 is 4.90 Å². The summed E-state index contributed by atoms with van der Waals surface area (Å²) in [5, 5.41) is 2.10. The second-order valence-electron chi connectivity index (χ2n) is 6.34. The Morgan fingerprint density at radius 3 is 2.60 bits per heavy atom. The van der Waals surface area contributed by atoms with Crippen LogP contribution >= 0.6 is 11.3 Å². The number of hydrogen-bond acceptors (Lipinski definition) is 6. The first-order valence-electron chi connectivity index (χ1n) is 8.68. The number of aromatic nitrogens is 2. The molecule has 0 bridgehead atoms. The third-order valence-corrected chi connectivity index (χ3v) is 5.80. The molecule has 134 valence electrons. The number of rotatable bonds is 6. The molecule has 1 atom stereocenters. The van der Waals surface area contributed by atoms with Crippen molar-refractivity contribution in [1.82, 2.24) is 19.8 Å². The number of piperazine rings is 1. The van der Waals surface area contributed by atoms with Crippen LogP contribution in [0.1, 0.15) is 24.3 Å². The van der Waals surface area contributed by atoms with Crippen molar-refractivity contribution < 1.29 is 4.79 Å². The van der Waals surface area contributed by atoms with Gasteiger partial charge in [-0.15, -0.1) is 11.3 Å². The van der Waals surface area contributed by atoms with E-state index in [0.717, 1.165) is 38.7 Å². The maximum absolute atomic E-state index is 12.5. The number of anilines is 1. The van der Waals surface area contributed by atoms with Crippen LogP contribution in [0.15, 0.2) is 36.0 Å². The van der Waals surface area contributed by atoms with Crippen molar-refractivity contribution in [2.75, 3.05) is 44.7 Å². The zero-order valence-electron chi connectivity index (χ0n) is 14.8. The van der Waals surface area contributed by atoms with Crippen molar-refractivity contribution in [1.29, 1.82) is 0 Å². The number of nitrogens with zero attached hydrogens (tertiary/aromatic N) is 5. The van der Waals surface area contributed by atoms with Gasteiger partial charge in [0, 0.05) is 62.5 Å². The quantitative estimate of drug-likeness (QED) is 0.792. The predicted octanol–water partition coefficient (Wildman–Crippen LogP) is 2.27. The van der Waals surface area contributed by atoms with Gasteiger partial charge in [0.1, 0.15) is 0 Å². The van der Waals surface area contributed by atoms with E-state index in [1.54, 1.807) is 23.7 Å². The minimum atomic E-state index is 0.235. The Labute approximate surface area is 153 Å². The van der Waals surface area contributed by atoms with E-state index < -0.39 is 0 Å². The molecule has 2 aromatic rings. The van der Waals surface area contributed by atoms with Crippen molar-refractivity contribution in [3.05, 3.63) is 40.8 Å². The van der Waals surface area contributed by atoms with E-state index >= 15 is 0 Å². The van der Waals surface area contributed by atoms with E-state index in [-0.39, 0.29) is 5.91 Å². The molecular weight excluding hydrogens is 334 g/mol. The summed E-state index contributed by atoms with van der Waals surface area (Å²) in [5.74, 6) is 0.984. The summed E-state index contributed by atoms with van der Waals surface area (Å²) in [6.07, 6.45) is 4.07. The van der Waals surface area contributed by atoms with Crippen LogP contribution in [0.5, 0.6) is 0 Å². The fourth-order valence-corrected chi connectivity index (χ4v) is 3.83. The molecule has 1 saturated heterocycles. The fourth-order valence-electron chi connectivity index (χ4n) is 2.98. The summed E-state index contributed by atoms with van der Waals surface area (Å²) >= 11 is 1.77. The molecule has 0 aromatic carbocycles. The molecule has 3 heterocycles. The lowest BCUT2D eigenvalue weighted by Gasteiger charge is -2.35. The second-order valence-corrected chi connectivity index (χ2v) is 7.32. The largest absolute Gasteiger partial charge is 0.339 e. The van der Waals surface area contributed by atoms with E-state index in [9.17, 15) is 4.79 Å². The molecule has 0 spiro atoms. The number of thiophene rings is 1. The average molecular weight is 359 g/mol. The Kier molecular flexibility index (Phi) is 5.99. The number of hydrogen-bond donors (Lipinski definition) is 0. The van der Waals surface area contributed by atoms with E-state index in [1.165, 1.54) is 4.88 Å². The van der Waals surface area contributed by atoms with Crippen LogP contribution in [0.3, 0.4) is 0 Å². The summed E-state index contributed by atoms with van der Waals surface area (Å²) in [6, 6.07) is 6.39. The Morgan fingerprint density at radius 2 is 1.96 bits per heavy atom. The smallest absolute Gasteiger partial charge is 0.225 e. The van der Waals surface area contributed by atoms with Gasteiger partial charge in [-0.1, -0.05) is 6.07 Å². The molecule has 6 nitrogen and oxygen atoms in total. The Balaban J connectivity index is 1.43. The second kappa shape index (κ2) is 8.40. The zero-order chi connectivity index (χ0) is 17.6. The molecule has 0 radical (unpaired) electrons. The van der Waals surface area contributed by atoms with Crippen molar-refractivity contribution in [2.45, 2.75) is 19.4 Å². The monoisotopic (exact) mass is 359 g/mol. The first-order valence-corrected chi connectivity index (χ1v) is 9.56. The van der Waals surface area contributed by atoms with Gasteiger partial charge in [0.2, 0.25) is 11.9 Å². The number of carbonyl (C=O) groups excluding carboxylic acids is 1. The summed E-state index contributed by atoms with van der Waals surface area (Å²) in [6.45, 7) is 6.02. The highest BCUT2D eigenvalue weighted by atomic mass is 32.1. The molecule has 0 aliphatic carbocycles. The van der Waals surface area contributed by atoms with Gasteiger partial charge in [-0.25, -0.2) is 9.97 Å². The lowest BCUT2D eigenvalue weighted by atomic mass is 10.2. The van der Waals surface area contributed by atoms with E-state index in [2.05, 4.69) is 51.3 Å². The zero-order valence-corrected chi connectivity index (χ0v) is 15.7. The first-order chi connectivity index (χ1) is 12.1. The topological polar surface area (TPSA) is 52.6 Å². The molecule has 1 fully saturated rings. The van der Waals surface area contributed by atoms with E-state index in [1.807, 2.05) is 11.0 Å². The van der Waals surface area contributed by atoms with Gasteiger partial charge in [-0.2, -0.15) is 0 Å². The van der Waals surface area contributed by atoms with Crippen LogP contribution in [0, 0.1) is 0 Å². The van der Waals surface area contributed by atoms with Crippen molar-refractivity contribution in [3.63, 3.8) is 0 Å². The van der Waals surface area contributed by atoms with Gasteiger partial charge in [0.15, 0.2) is 0 Å². The minimum absolute atomic E-state index is 0.235. The van der Waals surface area contributed by atoms with Gasteiger partial charge in [-0.3, -0.25) is 9.69 Å². The standard InChI is InChI=1S/C18H25N5OS/c1-15(16-5-3-14-25-16)21(2)9-6-17(24)22-10-12-23(13-11-22)18-19-7-4-8-20-18/h3-5,7-8,14-15H,6,9-13H2,1-2H3. The average Bonchev–Trinajstić information content (AvgIpc) is 3.21. The lowest BCUT2D eigenvalue weighted by Crippen LogP contribution is -2.49. The third kappa shape index (κ3) is 4.55. The molecule has 1 aliphatic rings. The highest BCUT2D eigenvalue weighted by molar-refractivity contribution is 7.10. The van der Waals surface area contributed by atoms with Crippen LogP contribution in [-0.2, 0) is 4.79 Å². The molecule has 3 rings (SSSR count). The van der Waals surface area contributed by atoms with Crippen molar-refractivity contribution >= 4 is 23.2 Å². The fraction of sp³-hybridized carbons (Fsp3) is 0.500. The summed E-state index contributed by atoms with van der Waals surface area (Å²) < 4.78 is 0. The molecular formula is C18H25N5OS. The van der Waals surface area contributed by atoms with Gasteiger partial charge in [0.25, 0.3) is 0 Å². The van der Waals surface area contributed by atoms with Crippen LogP contribution in [-0.4, -0.2) is 65.4 Å². The first kappa shape index (κ1) is 17.8. The molecule has 0 N–H and O–H groups in total. The van der Waals surface area contributed by atoms with Gasteiger partial charge in [-0.05, 0) is 31.5 Å². The van der Waals surface area contributed by atoms with E-state index in [4.69, 9.17) is 0 Å². The lowest BCUT2D eigenvalue weighted by molar-refractivity contribution is -0.131. The molecule has 1 unspecified atom stereocenters. The maximum Gasteiger partial charge on any atom is 0.225 e.